The molecule has 0 saturated heterocycles. The Morgan fingerprint density at radius 2 is 1.56 bits per heavy atom. The van der Waals surface area contributed by atoms with Crippen molar-refractivity contribution < 1.29 is 0 Å². The second-order valence-corrected chi connectivity index (χ2v) is 5.73. The second-order valence-electron chi connectivity index (χ2n) is 4.85. The van der Waals surface area contributed by atoms with Gasteiger partial charge in [-0.15, -0.1) is 11.8 Å². The van der Waals surface area contributed by atoms with Crippen LogP contribution in [-0.4, -0.2) is 6.26 Å². The van der Waals surface area contributed by atoms with Crippen LogP contribution in [0.2, 0.25) is 0 Å². The highest BCUT2D eigenvalue weighted by Gasteiger charge is 2.05. The Kier molecular flexibility index (Phi) is 4.89. The van der Waals surface area contributed by atoms with Gasteiger partial charge in [-0.1, -0.05) is 49.4 Å². The summed E-state index contributed by atoms with van der Waals surface area (Å²) in [6.07, 6.45) is 4.44. The SMILES string of the molecule is CSc1cccc(CC(C)Cc2ccccc2)c1. The van der Waals surface area contributed by atoms with Crippen molar-refractivity contribution in [3.8, 4) is 0 Å². The van der Waals surface area contributed by atoms with Gasteiger partial charge < -0.3 is 0 Å². The quantitative estimate of drug-likeness (QED) is 0.690. The minimum absolute atomic E-state index is 0.685. The highest BCUT2D eigenvalue weighted by Crippen LogP contribution is 2.19. The van der Waals surface area contributed by atoms with Crippen molar-refractivity contribution in [3.63, 3.8) is 0 Å². The van der Waals surface area contributed by atoms with Gasteiger partial charge in [0.25, 0.3) is 0 Å². The van der Waals surface area contributed by atoms with Crippen molar-refractivity contribution in [3.05, 3.63) is 65.7 Å². The van der Waals surface area contributed by atoms with Crippen LogP contribution in [0.1, 0.15) is 18.1 Å². The lowest BCUT2D eigenvalue weighted by atomic mass is 9.94. The van der Waals surface area contributed by atoms with Crippen LogP contribution in [0.5, 0.6) is 0 Å². The maximum absolute atomic E-state index is 2.33. The molecule has 0 bridgehead atoms. The van der Waals surface area contributed by atoms with Crippen LogP contribution < -0.4 is 0 Å². The first-order chi connectivity index (χ1) is 8.78. The Morgan fingerprint density at radius 1 is 0.889 bits per heavy atom. The van der Waals surface area contributed by atoms with Crippen molar-refractivity contribution in [1.82, 2.24) is 0 Å². The third kappa shape index (κ3) is 3.92. The molecule has 0 aromatic heterocycles. The number of rotatable bonds is 5. The van der Waals surface area contributed by atoms with Crippen molar-refractivity contribution in [1.29, 1.82) is 0 Å². The summed E-state index contributed by atoms with van der Waals surface area (Å²) in [4.78, 5) is 1.36. The van der Waals surface area contributed by atoms with E-state index in [1.54, 1.807) is 0 Å². The molecule has 2 aromatic carbocycles. The molecule has 0 fully saturated rings. The predicted octanol–water partition coefficient (Wildman–Crippen LogP) is 4.83. The first-order valence-corrected chi connectivity index (χ1v) is 7.67. The van der Waals surface area contributed by atoms with E-state index < -0.39 is 0 Å². The normalized spacial score (nSPS) is 12.3. The molecule has 1 unspecified atom stereocenters. The summed E-state index contributed by atoms with van der Waals surface area (Å²) in [7, 11) is 0. The lowest BCUT2D eigenvalue weighted by Gasteiger charge is -2.12. The lowest BCUT2D eigenvalue weighted by molar-refractivity contribution is 0.577. The van der Waals surface area contributed by atoms with E-state index in [1.165, 1.54) is 16.0 Å². The van der Waals surface area contributed by atoms with E-state index in [0.717, 1.165) is 12.8 Å². The Bertz CT molecular complexity index is 476. The van der Waals surface area contributed by atoms with Gasteiger partial charge in [-0.3, -0.25) is 0 Å². The van der Waals surface area contributed by atoms with Crippen LogP contribution in [-0.2, 0) is 12.8 Å². The van der Waals surface area contributed by atoms with Gasteiger partial charge in [0.2, 0.25) is 0 Å². The van der Waals surface area contributed by atoms with Crippen LogP contribution in [0.15, 0.2) is 59.5 Å². The average molecular weight is 256 g/mol. The maximum atomic E-state index is 2.33. The Hall–Kier alpha value is -1.21. The Labute approximate surface area is 114 Å². The lowest BCUT2D eigenvalue weighted by Crippen LogP contribution is -2.03. The summed E-state index contributed by atoms with van der Waals surface area (Å²) in [5.41, 5.74) is 2.89. The summed E-state index contributed by atoms with van der Waals surface area (Å²) in [5.74, 6) is 0.685. The van der Waals surface area contributed by atoms with Crippen LogP contribution >= 0.6 is 11.8 Å². The molecule has 94 valence electrons. The minimum Gasteiger partial charge on any atom is -0.130 e. The zero-order valence-electron chi connectivity index (χ0n) is 11.1. The molecular weight excluding hydrogens is 236 g/mol. The molecule has 0 heterocycles. The summed E-state index contributed by atoms with van der Waals surface area (Å²) >= 11 is 1.81. The number of hydrogen-bond acceptors (Lipinski definition) is 1. The van der Waals surface area contributed by atoms with E-state index >= 15 is 0 Å². The van der Waals surface area contributed by atoms with E-state index in [0.29, 0.717) is 5.92 Å². The standard InChI is InChI=1S/C17H20S/c1-14(11-15-7-4-3-5-8-15)12-16-9-6-10-17(13-16)18-2/h3-10,13-14H,11-12H2,1-2H3. The molecular formula is C17H20S. The molecule has 18 heavy (non-hydrogen) atoms. The van der Waals surface area contributed by atoms with Crippen LogP contribution in [0.25, 0.3) is 0 Å². The third-order valence-corrected chi connectivity index (χ3v) is 3.87. The van der Waals surface area contributed by atoms with E-state index in [4.69, 9.17) is 0 Å². The van der Waals surface area contributed by atoms with Gasteiger partial charge in [-0.25, -0.2) is 0 Å². The van der Waals surface area contributed by atoms with E-state index in [-0.39, 0.29) is 0 Å². The van der Waals surface area contributed by atoms with Gasteiger partial charge in [0.1, 0.15) is 0 Å². The topological polar surface area (TPSA) is 0 Å². The van der Waals surface area contributed by atoms with Gasteiger partial charge in [-0.05, 0) is 48.3 Å². The molecule has 0 spiro atoms. The largest absolute Gasteiger partial charge is 0.130 e. The van der Waals surface area contributed by atoms with Gasteiger partial charge in [0.05, 0.1) is 0 Å². The second kappa shape index (κ2) is 6.65. The van der Waals surface area contributed by atoms with Crippen molar-refractivity contribution in [2.45, 2.75) is 24.7 Å². The molecule has 0 saturated carbocycles. The molecule has 0 N–H and O–H groups in total. The van der Waals surface area contributed by atoms with E-state index in [2.05, 4.69) is 67.8 Å². The summed E-state index contributed by atoms with van der Waals surface area (Å²) < 4.78 is 0. The molecule has 0 aliphatic carbocycles. The fourth-order valence-corrected chi connectivity index (χ4v) is 2.77. The summed E-state index contributed by atoms with van der Waals surface area (Å²) in [6.45, 7) is 2.33. The van der Waals surface area contributed by atoms with E-state index in [1.807, 2.05) is 11.8 Å². The maximum Gasteiger partial charge on any atom is 0.00718 e. The van der Waals surface area contributed by atoms with Gasteiger partial charge in [0, 0.05) is 4.90 Å². The number of thioether (sulfide) groups is 1. The Morgan fingerprint density at radius 3 is 2.28 bits per heavy atom. The molecule has 0 amide bonds. The zero-order valence-corrected chi connectivity index (χ0v) is 11.9. The summed E-state index contributed by atoms with van der Waals surface area (Å²) in [6, 6.07) is 19.6. The molecule has 0 aliphatic rings. The fourth-order valence-electron chi connectivity index (χ4n) is 2.29. The number of benzene rings is 2. The van der Waals surface area contributed by atoms with Crippen molar-refractivity contribution in [2.75, 3.05) is 6.26 Å². The fraction of sp³-hybridized carbons (Fsp3) is 0.294. The monoisotopic (exact) mass is 256 g/mol. The molecule has 1 atom stereocenters. The molecule has 1 heteroatoms. The van der Waals surface area contributed by atoms with Crippen LogP contribution in [0.3, 0.4) is 0 Å². The predicted molar refractivity (Wildman–Crippen MR) is 81.2 cm³/mol. The van der Waals surface area contributed by atoms with Crippen LogP contribution in [0.4, 0.5) is 0 Å². The first-order valence-electron chi connectivity index (χ1n) is 6.45. The molecule has 0 aliphatic heterocycles. The van der Waals surface area contributed by atoms with Gasteiger partial charge in [0.15, 0.2) is 0 Å². The van der Waals surface area contributed by atoms with Crippen molar-refractivity contribution >= 4 is 11.8 Å². The summed E-state index contributed by atoms with van der Waals surface area (Å²) in [5, 5.41) is 0. The highest BCUT2D eigenvalue weighted by atomic mass is 32.2. The van der Waals surface area contributed by atoms with Gasteiger partial charge in [-0.2, -0.15) is 0 Å². The first kappa shape index (κ1) is 13.2. The zero-order chi connectivity index (χ0) is 12.8. The average Bonchev–Trinajstić information content (AvgIpc) is 2.40. The highest BCUT2D eigenvalue weighted by molar-refractivity contribution is 7.98. The number of hydrogen-bond donors (Lipinski definition) is 0. The van der Waals surface area contributed by atoms with Crippen molar-refractivity contribution in [2.24, 2.45) is 5.92 Å². The molecule has 0 radical (unpaired) electrons. The van der Waals surface area contributed by atoms with E-state index in [9.17, 15) is 0 Å². The minimum atomic E-state index is 0.685. The third-order valence-electron chi connectivity index (χ3n) is 3.15. The smallest absolute Gasteiger partial charge is 0.00718 e. The Balaban J connectivity index is 1.96. The van der Waals surface area contributed by atoms with Crippen LogP contribution in [0, 0.1) is 5.92 Å². The van der Waals surface area contributed by atoms with Gasteiger partial charge >= 0.3 is 0 Å². The molecule has 2 rings (SSSR count). The molecule has 2 aromatic rings. The molecule has 0 nitrogen and oxygen atoms in total.